The molecule has 0 saturated heterocycles. The summed E-state index contributed by atoms with van der Waals surface area (Å²) in [7, 11) is 1.85. The third-order valence-electron chi connectivity index (χ3n) is 2.30. The minimum absolute atomic E-state index is 0.0115. The molecule has 1 heterocycles. The van der Waals surface area contributed by atoms with Crippen LogP contribution < -0.4 is 10.5 Å². The Morgan fingerprint density at radius 1 is 1.38 bits per heavy atom. The molecule has 16 heavy (non-hydrogen) atoms. The molecule has 2 rings (SSSR count). The molecule has 0 aliphatic heterocycles. The fourth-order valence-corrected chi connectivity index (χ4v) is 1.45. The molecule has 0 aliphatic rings. The monoisotopic (exact) mass is 217 g/mol. The molecule has 1 aromatic carbocycles. The first-order valence-electron chi connectivity index (χ1n) is 5.17. The normalized spacial score (nSPS) is 12.4. The van der Waals surface area contributed by atoms with Crippen molar-refractivity contribution in [3.63, 3.8) is 0 Å². The van der Waals surface area contributed by atoms with Crippen molar-refractivity contribution in [2.24, 2.45) is 12.8 Å². The van der Waals surface area contributed by atoms with Gasteiger partial charge >= 0.3 is 0 Å². The van der Waals surface area contributed by atoms with Gasteiger partial charge in [0, 0.05) is 13.1 Å². The summed E-state index contributed by atoms with van der Waals surface area (Å²) in [5, 5.41) is 4.04. The minimum atomic E-state index is 0.0115. The van der Waals surface area contributed by atoms with Crippen LogP contribution in [0.3, 0.4) is 0 Å². The van der Waals surface area contributed by atoms with E-state index in [-0.39, 0.29) is 6.04 Å². The van der Waals surface area contributed by atoms with Crippen molar-refractivity contribution in [2.75, 3.05) is 0 Å². The number of hydrogen-bond acceptors (Lipinski definition) is 3. The molecule has 1 aromatic heterocycles. The Labute approximate surface area is 94.6 Å². The van der Waals surface area contributed by atoms with Gasteiger partial charge < -0.3 is 10.5 Å². The highest BCUT2D eigenvalue weighted by atomic mass is 16.5. The number of rotatable bonds is 3. The first-order valence-corrected chi connectivity index (χ1v) is 5.17. The molecule has 0 spiro atoms. The molecule has 0 amide bonds. The summed E-state index contributed by atoms with van der Waals surface area (Å²) in [6.07, 6.45) is 3.50. The Morgan fingerprint density at radius 3 is 2.81 bits per heavy atom. The van der Waals surface area contributed by atoms with E-state index < -0.39 is 0 Å². The Morgan fingerprint density at radius 2 is 2.19 bits per heavy atom. The molecule has 2 aromatic rings. The highest BCUT2D eigenvalue weighted by Gasteiger charge is 2.03. The predicted octanol–water partition coefficient (Wildman–Crippen LogP) is 2.23. The van der Waals surface area contributed by atoms with E-state index in [1.807, 2.05) is 44.4 Å². The molecule has 84 valence electrons. The van der Waals surface area contributed by atoms with E-state index in [0.29, 0.717) is 0 Å². The molecular weight excluding hydrogens is 202 g/mol. The molecule has 0 aliphatic carbocycles. The lowest BCUT2D eigenvalue weighted by Crippen LogP contribution is -2.04. The lowest BCUT2D eigenvalue weighted by atomic mass is 10.1. The largest absolute Gasteiger partial charge is 0.454 e. The predicted molar refractivity (Wildman–Crippen MR) is 62.3 cm³/mol. The van der Waals surface area contributed by atoms with Gasteiger partial charge in [-0.05, 0) is 24.6 Å². The summed E-state index contributed by atoms with van der Waals surface area (Å²) in [5.74, 6) is 1.51. The third kappa shape index (κ3) is 2.41. The van der Waals surface area contributed by atoms with Gasteiger partial charge in [0.1, 0.15) is 5.75 Å². The van der Waals surface area contributed by atoms with E-state index in [9.17, 15) is 0 Å². The zero-order valence-electron chi connectivity index (χ0n) is 9.42. The van der Waals surface area contributed by atoms with Crippen molar-refractivity contribution in [1.82, 2.24) is 9.78 Å². The van der Waals surface area contributed by atoms with Crippen molar-refractivity contribution >= 4 is 0 Å². The van der Waals surface area contributed by atoms with E-state index in [4.69, 9.17) is 10.5 Å². The second kappa shape index (κ2) is 4.37. The number of nitrogens with zero attached hydrogens (tertiary/aromatic N) is 2. The molecule has 1 atom stereocenters. The van der Waals surface area contributed by atoms with Crippen LogP contribution in [0.1, 0.15) is 18.5 Å². The van der Waals surface area contributed by atoms with Gasteiger partial charge in [-0.15, -0.1) is 0 Å². The van der Waals surface area contributed by atoms with Crippen LogP contribution in [0.4, 0.5) is 0 Å². The summed E-state index contributed by atoms with van der Waals surface area (Å²) < 4.78 is 7.35. The topological polar surface area (TPSA) is 53.1 Å². The molecule has 0 saturated carbocycles. The summed E-state index contributed by atoms with van der Waals surface area (Å²) in [6, 6.07) is 7.78. The number of aromatic nitrogens is 2. The molecular formula is C12H15N3O. The summed E-state index contributed by atoms with van der Waals surface area (Å²) in [4.78, 5) is 0. The van der Waals surface area contributed by atoms with Crippen LogP contribution >= 0.6 is 0 Å². The average Bonchev–Trinajstić information content (AvgIpc) is 2.64. The maximum Gasteiger partial charge on any atom is 0.165 e. The Kier molecular flexibility index (Phi) is 2.92. The second-order valence-corrected chi connectivity index (χ2v) is 3.81. The van der Waals surface area contributed by atoms with Gasteiger partial charge in [-0.3, -0.25) is 4.68 Å². The van der Waals surface area contributed by atoms with Gasteiger partial charge in [0.15, 0.2) is 5.75 Å². The van der Waals surface area contributed by atoms with Crippen LogP contribution in [0.2, 0.25) is 0 Å². The van der Waals surface area contributed by atoms with Crippen LogP contribution in [0.15, 0.2) is 36.7 Å². The Balaban J connectivity index is 2.18. The van der Waals surface area contributed by atoms with Crippen LogP contribution in [-0.4, -0.2) is 9.78 Å². The minimum Gasteiger partial charge on any atom is -0.454 e. The standard InChI is InChI=1S/C12H15N3O/c1-9(13)10-4-3-5-11(6-10)16-12-7-14-15(2)8-12/h3-9H,13H2,1-2H3. The number of hydrogen-bond donors (Lipinski definition) is 1. The first kappa shape index (κ1) is 10.7. The van der Waals surface area contributed by atoms with Gasteiger partial charge in [-0.1, -0.05) is 12.1 Å². The van der Waals surface area contributed by atoms with Gasteiger partial charge in [-0.2, -0.15) is 5.10 Å². The van der Waals surface area contributed by atoms with E-state index in [1.165, 1.54) is 0 Å². The van der Waals surface area contributed by atoms with Crippen molar-refractivity contribution in [1.29, 1.82) is 0 Å². The molecule has 0 radical (unpaired) electrons. The van der Waals surface area contributed by atoms with Gasteiger partial charge in [0.2, 0.25) is 0 Å². The zero-order chi connectivity index (χ0) is 11.5. The summed E-state index contributed by atoms with van der Waals surface area (Å²) >= 11 is 0. The zero-order valence-corrected chi connectivity index (χ0v) is 9.42. The lowest BCUT2D eigenvalue weighted by molar-refractivity contribution is 0.480. The molecule has 0 bridgehead atoms. The first-order chi connectivity index (χ1) is 7.65. The van der Waals surface area contributed by atoms with Crippen molar-refractivity contribution in [3.05, 3.63) is 42.2 Å². The Hall–Kier alpha value is -1.81. The SMILES string of the molecule is CC(N)c1cccc(Oc2cnn(C)c2)c1. The quantitative estimate of drug-likeness (QED) is 0.857. The maximum atomic E-state index is 5.81. The maximum absolute atomic E-state index is 5.81. The second-order valence-electron chi connectivity index (χ2n) is 3.81. The van der Waals surface area contributed by atoms with Crippen LogP contribution in [0, 0.1) is 0 Å². The summed E-state index contributed by atoms with van der Waals surface area (Å²) in [6.45, 7) is 1.95. The molecule has 4 heteroatoms. The fourth-order valence-electron chi connectivity index (χ4n) is 1.45. The van der Waals surface area contributed by atoms with Crippen molar-refractivity contribution in [2.45, 2.75) is 13.0 Å². The van der Waals surface area contributed by atoms with Gasteiger partial charge in [0.25, 0.3) is 0 Å². The lowest BCUT2D eigenvalue weighted by Gasteiger charge is -2.08. The van der Waals surface area contributed by atoms with Crippen molar-refractivity contribution < 1.29 is 4.74 Å². The molecule has 1 unspecified atom stereocenters. The van der Waals surface area contributed by atoms with E-state index in [2.05, 4.69) is 5.10 Å². The van der Waals surface area contributed by atoms with E-state index in [1.54, 1.807) is 10.9 Å². The van der Waals surface area contributed by atoms with Crippen LogP contribution in [0.5, 0.6) is 11.5 Å². The van der Waals surface area contributed by atoms with E-state index >= 15 is 0 Å². The number of ether oxygens (including phenoxy) is 1. The number of nitrogens with two attached hydrogens (primary N) is 1. The average molecular weight is 217 g/mol. The van der Waals surface area contributed by atoms with Crippen LogP contribution in [0.25, 0.3) is 0 Å². The highest BCUT2D eigenvalue weighted by molar-refractivity contribution is 5.33. The van der Waals surface area contributed by atoms with Gasteiger partial charge in [-0.25, -0.2) is 0 Å². The number of aryl methyl sites for hydroxylation is 1. The smallest absolute Gasteiger partial charge is 0.165 e. The molecule has 0 fully saturated rings. The third-order valence-corrected chi connectivity index (χ3v) is 2.30. The number of benzene rings is 1. The highest BCUT2D eigenvalue weighted by Crippen LogP contribution is 2.23. The van der Waals surface area contributed by atoms with Crippen molar-refractivity contribution in [3.8, 4) is 11.5 Å². The Bertz CT molecular complexity index is 477. The molecule has 2 N–H and O–H groups in total. The summed E-state index contributed by atoms with van der Waals surface area (Å²) in [5.41, 5.74) is 6.86. The van der Waals surface area contributed by atoms with E-state index in [0.717, 1.165) is 17.1 Å². The van der Waals surface area contributed by atoms with Crippen LogP contribution in [-0.2, 0) is 7.05 Å². The van der Waals surface area contributed by atoms with Gasteiger partial charge in [0.05, 0.1) is 12.4 Å². The molecule has 4 nitrogen and oxygen atoms in total. The fraction of sp³-hybridized carbons (Fsp3) is 0.250.